The van der Waals surface area contributed by atoms with Gasteiger partial charge in [-0.25, -0.2) is 0 Å². The number of rotatable bonds is 4. The van der Waals surface area contributed by atoms with Crippen LogP contribution in [0.5, 0.6) is 5.75 Å². The second-order valence-corrected chi connectivity index (χ2v) is 5.57. The molecule has 0 aromatic heterocycles. The average Bonchev–Trinajstić information content (AvgIpc) is 2.55. The zero-order valence-electron chi connectivity index (χ0n) is 12.5. The van der Waals surface area contributed by atoms with Crippen LogP contribution in [-0.4, -0.2) is 13.2 Å². The van der Waals surface area contributed by atoms with Crippen molar-refractivity contribution in [2.24, 2.45) is 5.73 Å². The number of nitrogens with two attached hydrogens (primary N) is 1. The van der Waals surface area contributed by atoms with Crippen LogP contribution in [0.1, 0.15) is 24.0 Å². The van der Waals surface area contributed by atoms with Crippen LogP contribution >= 0.6 is 12.4 Å². The van der Waals surface area contributed by atoms with Gasteiger partial charge in [0.25, 0.3) is 0 Å². The lowest BCUT2D eigenvalue weighted by molar-refractivity contribution is 0.0522. The Balaban J connectivity index is 0.00000176. The summed E-state index contributed by atoms with van der Waals surface area (Å²) in [5, 5.41) is 0. The molecule has 0 saturated carbocycles. The topological polar surface area (TPSA) is 44.5 Å². The summed E-state index contributed by atoms with van der Waals surface area (Å²) in [6.07, 6.45) is 1.74. The fourth-order valence-electron chi connectivity index (χ4n) is 2.65. The average molecular weight is 320 g/mol. The molecule has 2 aromatic carbocycles. The van der Waals surface area contributed by atoms with Gasteiger partial charge in [-0.2, -0.15) is 0 Å². The first kappa shape index (κ1) is 16.8. The van der Waals surface area contributed by atoms with Crippen LogP contribution < -0.4 is 10.5 Å². The fraction of sp³-hybridized carbons (Fsp3) is 0.333. The van der Waals surface area contributed by atoms with E-state index >= 15 is 0 Å². The molecule has 22 heavy (non-hydrogen) atoms. The van der Waals surface area contributed by atoms with Gasteiger partial charge in [0, 0.05) is 18.8 Å². The van der Waals surface area contributed by atoms with Crippen molar-refractivity contribution in [1.82, 2.24) is 0 Å². The molecule has 1 saturated heterocycles. The molecule has 0 bridgehead atoms. The molecule has 0 spiro atoms. The molecule has 0 amide bonds. The maximum atomic E-state index is 6.47. The maximum Gasteiger partial charge on any atom is 0.119 e. The van der Waals surface area contributed by atoms with Crippen molar-refractivity contribution in [3.63, 3.8) is 0 Å². The van der Waals surface area contributed by atoms with Gasteiger partial charge in [-0.05, 0) is 36.1 Å². The monoisotopic (exact) mass is 319 g/mol. The lowest BCUT2D eigenvalue weighted by Crippen LogP contribution is -2.42. The van der Waals surface area contributed by atoms with Gasteiger partial charge in [0.2, 0.25) is 0 Å². The minimum Gasteiger partial charge on any atom is -0.489 e. The zero-order valence-corrected chi connectivity index (χ0v) is 13.4. The van der Waals surface area contributed by atoms with Gasteiger partial charge in [-0.3, -0.25) is 0 Å². The van der Waals surface area contributed by atoms with E-state index in [-0.39, 0.29) is 17.9 Å². The molecule has 4 heteroatoms. The van der Waals surface area contributed by atoms with Crippen molar-refractivity contribution < 1.29 is 9.47 Å². The van der Waals surface area contributed by atoms with Crippen LogP contribution in [0.25, 0.3) is 0 Å². The van der Waals surface area contributed by atoms with Gasteiger partial charge in [0.05, 0.1) is 0 Å². The third-order valence-corrected chi connectivity index (χ3v) is 4.06. The summed E-state index contributed by atoms with van der Waals surface area (Å²) < 4.78 is 11.2. The standard InChI is InChI=1S/C18H21NO2.ClH/c19-18(10-12-20-13-11-18)16-6-8-17(9-7-16)21-14-15-4-2-1-3-5-15;/h1-9H,10-14,19H2;1H. The summed E-state index contributed by atoms with van der Waals surface area (Å²) in [4.78, 5) is 0. The Kier molecular flexibility index (Phi) is 5.83. The number of hydrogen-bond donors (Lipinski definition) is 1. The maximum absolute atomic E-state index is 6.47. The van der Waals surface area contributed by atoms with Gasteiger partial charge < -0.3 is 15.2 Å². The van der Waals surface area contributed by atoms with Crippen molar-refractivity contribution in [2.75, 3.05) is 13.2 Å². The van der Waals surface area contributed by atoms with Crippen molar-refractivity contribution >= 4 is 12.4 Å². The van der Waals surface area contributed by atoms with Crippen LogP contribution in [0.15, 0.2) is 54.6 Å². The van der Waals surface area contributed by atoms with Crippen molar-refractivity contribution in [1.29, 1.82) is 0 Å². The summed E-state index contributed by atoms with van der Waals surface area (Å²) in [6, 6.07) is 18.3. The second-order valence-electron chi connectivity index (χ2n) is 5.57. The minimum atomic E-state index is -0.254. The van der Waals surface area contributed by atoms with E-state index in [9.17, 15) is 0 Å². The molecule has 1 heterocycles. The molecule has 1 aliphatic heterocycles. The highest BCUT2D eigenvalue weighted by molar-refractivity contribution is 5.85. The van der Waals surface area contributed by atoms with Crippen molar-refractivity contribution in [3.8, 4) is 5.75 Å². The van der Waals surface area contributed by atoms with Crippen molar-refractivity contribution in [2.45, 2.75) is 25.0 Å². The predicted molar refractivity (Wildman–Crippen MR) is 90.4 cm³/mol. The van der Waals surface area contributed by atoms with Crippen LogP contribution in [0.3, 0.4) is 0 Å². The first-order valence-corrected chi connectivity index (χ1v) is 7.40. The first-order valence-electron chi connectivity index (χ1n) is 7.40. The number of benzene rings is 2. The Morgan fingerprint density at radius 1 is 0.955 bits per heavy atom. The first-order chi connectivity index (χ1) is 10.3. The summed E-state index contributed by atoms with van der Waals surface area (Å²) in [5.41, 5.74) is 8.55. The summed E-state index contributed by atoms with van der Waals surface area (Å²) in [5.74, 6) is 0.873. The molecule has 0 unspecified atom stereocenters. The van der Waals surface area contributed by atoms with Gasteiger partial charge in [-0.15, -0.1) is 12.4 Å². The normalized spacial score (nSPS) is 16.6. The molecule has 3 nitrogen and oxygen atoms in total. The molecule has 118 valence electrons. The molecule has 0 atom stereocenters. The molecule has 2 aromatic rings. The highest BCUT2D eigenvalue weighted by Crippen LogP contribution is 2.30. The Morgan fingerprint density at radius 2 is 1.59 bits per heavy atom. The number of ether oxygens (including phenoxy) is 2. The Labute approximate surface area is 137 Å². The fourth-order valence-corrected chi connectivity index (χ4v) is 2.65. The molecule has 3 rings (SSSR count). The van der Waals surface area contributed by atoms with E-state index in [1.54, 1.807) is 0 Å². The van der Waals surface area contributed by atoms with Gasteiger partial charge in [-0.1, -0.05) is 42.5 Å². The van der Waals surface area contributed by atoms with E-state index in [1.165, 1.54) is 5.56 Å². The predicted octanol–water partition coefficient (Wildman–Crippen LogP) is 3.65. The SMILES string of the molecule is Cl.NC1(c2ccc(OCc3ccccc3)cc2)CCOCC1. The van der Waals surface area contributed by atoms with Gasteiger partial charge >= 0.3 is 0 Å². The third kappa shape index (κ3) is 4.01. The van der Waals surface area contributed by atoms with E-state index in [2.05, 4.69) is 24.3 Å². The molecule has 0 radical (unpaired) electrons. The highest BCUT2D eigenvalue weighted by Gasteiger charge is 2.29. The molecular formula is C18H22ClNO2. The Hall–Kier alpha value is -1.55. The largest absolute Gasteiger partial charge is 0.489 e. The zero-order chi connectivity index (χ0) is 14.5. The Morgan fingerprint density at radius 3 is 2.23 bits per heavy atom. The lowest BCUT2D eigenvalue weighted by atomic mass is 9.84. The second kappa shape index (κ2) is 7.63. The lowest BCUT2D eigenvalue weighted by Gasteiger charge is -2.33. The highest BCUT2D eigenvalue weighted by atomic mass is 35.5. The Bertz CT molecular complexity index is 565. The number of halogens is 1. The smallest absolute Gasteiger partial charge is 0.119 e. The van der Waals surface area contributed by atoms with Crippen LogP contribution in [0, 0.1) is 0 Å². The summed E-state index contributed by atoms with van der Waals surface area (Å²) >= 11 is 0. The summed E-state index contributed by atoms with van der Waals surface area (Å²) in [6.45, 7) is 2.06. The quantitative estimate of drug-likeness (QED) is 0.935. The van der Waals surface area contributed by atoms with E-state index in [1.807, 2.05) is 30.3 Å². The minimum absolute atomic E-state index is 0. The molecule has 2 N–H and O–H groups in total. The molecule has 1 aliphatic rings. The third-order valence-electron chi connectivity index (χ3n) is 4.06. The van der Waals surface area contributed by atoms with Crippen LogP contribution in [0.2, 0.25) is 0 Å². The molecular weight excluding hydrogens is 298 g/mol. The van der Waals surface area contributed by atoms with E-state index in [4.69, 9.17) is 15.2 Å². The van der Waals surface area contributed by atoms with Crippen molar-refractivity contribution in [3.05, 3.63) is 65.7 Å². The molecule has 1 fully saturated rings. The number of hydrogen-bond acceptors (Lipinski definition) is 3. The van der Waals surface area contributed by atoms with E-state index in [0.717, 1.165) is 37.4 Å². The van der Waals surface area contributed by atoms with Crippen LogP contribution in [-0.2, 0) is 16.9 Å². The van der Waals surface area contributed by atoms with E-state index < -0.39 is 0 Å². The van der Waals surface area contributed by atoms with Gasteiger partial charge in [0.1, 0.15) is 12.4 Å². The molecule has 0 aliphatic carbocycles. The van der Waals surface area contributed by atoms with Gasteiger partial charge in [0.15, 0.2) is 0 Å². The summed E-state index contributed by atoms with van der Waals surface area (Å²) in [7, 11) is 0. The van der Waals surface area contributed by atoms with E-state index in [0.29, 0.717) is 6.61 Å². The van der Waals surface area contributed by atoms with Crippen LogP contribution in [0.4, 0.5) is 0 Å².